The summed E-state index contributed by atoms with van der Waals surface area (Å²) >= 11 is 6.27. The van der Waals surface area contributed by atoms with E-state index in [1.807, 2.05) is 6.07 Å². The van der Waals surface area contributed by atoms with Crippen LogP contribution in [0.2, 0.25) is 5.02 Å². The second-order valence-corrected chi connectivity index (χ2v) is 9.37. The summed E-state index contributed by atoms with van der Waals surface area (Å²) < 4.78 is 31.3. The minimum absolute atomic E-state index is 0.00418. The van der Waals surface area contributed by atoms with E-state index in [1.165, 1.54) is 0 Å². The first-order chi connectivity index (χ1) is 12.5. The zero-order valence-electron chi connectivity index (χ0n) is 14.4. The van der Waals surface area contributed by atoms with Gasteiger partial charge in [-0.3, -0.25) is 0 Å². The van der Waals surface area contributed by atoms with Crippen molar-refractivity contribution in [2.75, 3.05) is 37.3 Å². The van der Waals surface area contributed by atoms with Crippen LogP contribution in [0.3, 0.4) is 0 Å². The van der Waals surface area contributed by atoms with Crippen molar-refractivity contribution in [2.45, 2.75) is 31.7 Å². The van der Waals surface area contributed by atoms with Crippen LogP contribution < -0.4 is 10.1 Å². The molecule has 0 bridgehead atoms. The molecule has 0 unspecified atom stereocenters. The molecule has 9 heteroatoms. The molecule has 7 nitrogen and oxygen atoms in total. The maximum absolute atomic E-state index is 12.7. The van der Waals surface area contributed by atoms with E-state index in [4.69, 9.17) is 16.3 Å². The van der Waals surface area contributed by atoms with Gasteiger partial charge in [-0.25, -0.2) is 13.2 Å². The molecule has 0 radical (unpaired) electrons. The molecule has 2 amide bonds. The maximum atomic E-state index is 12.7. The van der Waals surface area contributed by atoms with Crippen LogP contribution in [0.4, 0.5) is 10.5 Å². The number of likely N-dealkylation sites (tertiary alicyclic amines) is 1. The molecule has 2 saturated heterocycles. The molecule has 142 valence electrons. The first kappa shape index (κ1) is 17.9. The summed E-state index contributed by atoms with van der Waals surface area (Å²) in [6, 6.07) is 3.35. The van der Waals surface area contributed by atoms with E-state index in [9.17, 15) is 13.2 Å². The molecule has 3 aliphatic heterocycles. The Kier molecular flexibility index (Phi) is 4.75. The van der Waals surface area contributed by atoms with Crippen LogP contribution in [-0.2, 0) is 16.4 Å². The van der Waals surface area contributed by atoms with E-state index >= 15 is 0 Å². The Balaban J connectivity index is 1.40. The largest absolute Gasteiger partial charge is 0.493 e. The molecule has 0 aliphatic carbocycles. The van der Waals surface area contributed by atoms with Gasteiger partial charge in [0, 0.05) is 37.7 Å². The highest BCUT2D eigenvalue weighted by Crippen LogP contribution is 2.37. The lowest BCUT2D eigenvalue weighted by molar-refractivity contribution is 0.170. The van der Waals surface area contributed by atoms with Crippen molar-refractivity contribution in [1.29, 1.82) is 0 Å². The lowest BCUT2D eigenvalue weighted by Crippen LogP contribution is -2.48. The number of nitrogens with one attached hydrogen (secondary N) is 1. The fourth-order valence-electron chi connectivity index (χ4n) is 3.99. The van der Waals surface area contributed by atoms with E-state index < -0.39 is 10.0 Å². The van der Waals surface area contributed by atoms with Gasteiger partial charge in [0.1, 0.15) is 5.75 Å². The quantitative estimate of drug-likeness (QED) is 0.827. The zero-order chi connectivity index (χ0) is 18.3. The number of carbonyl (C=O) groups excluding carboxylic acids is 1. The SMILES string of the molecule is O=C(Nc1c(Cl)ccc2c1CCO2)N1CCC(N2CCCS2(=O)=O)CC1. The standard InChI is InChI=1S/C17H22ClN3O4S/c18-14-2-3-15-13(6-10-25-15)16(14)19-17(22)20-8-4-12(5-9-20)21-7-1-11-26(21,23)24/h2-3,12H,1,4-11H2,(H,19,22). The van der Waals surface area contributed by atoms with E-state index in [0.29, 0.717) is 56.2 Å². The summed E-state index contributed by atoms with van der Waals surface area (Å²) in [4.78, 5) is 14.4. The highest BCUT2D eigenvalue weighted by molar-refractivity contribution is 7.89. The van der Waals surface area contributed by atoms with Crippen LogP contribution in [0, 0.1) is 0 Å². The van der Waals surface area contributed by atoms with Crippen molar-refractivity contribution in [1.82, 2.24) is 9.21 Å². The number of benzene rings is 1. The second-order valence-electron chi connectivity index (χ2n) is 6.93. The van der Waals surface area contributed by atoms with Gasteiger partial charge in [-0.1, -0.05) is 11.6 Å². The first-order valence-corrected chi connectivity index (χ1v) is 10.9. The van der Waals surface area contributed by atoms with Crippen molar-refractivity contribution in [3.8, 4) is 5.75 Å². The molecule has 0 atom stereocenters. The number of ether oxygens (including phenoxy) is 1. The molecule has 3 aliphatic rings. The van der Waals surface area contributed by atoms with Gasteiger partial charge in [-0.2, -0.15) is 4.31 Å². The molecule has 26 heavy (non-hydrogen) atoms. The van der Waals surface area contributed by atoms with Crippen LogP contribution >= 0.6 is 11.6 Å². The Morgan fingerprint density at radius 2 is 2.00 bits per heavy atom. The predicted molar refractivity (Wildman–Crippen MR) is 99.4 cm³/mol. The highest BCUT2D eigenvalue weighted by atomic mass is 35.5. The third-order valence-corrected chi connectivity index (χ3v) is 7.67. The van der Waals surface area contributed by atoms with Gasteiger partial charge in [0.25, 0.3) is 0 Å². The third-order valence-electron chi connectivity index (χ3n) is 5.36. The molecular formula is C17H22ClN3O4S. The zero-order valence-corrected chi connectivity index (χ0v) is 16.0. The number of rotatable bonds is 2. The highest BCUT2D eigenvalue weighted by Gasteiger charge is 2.37. The number of urea groups is 1. The number of hydrogen-bond acceptors (Lipinski definition) is 4. The van der Waals surface area contributed by atoms with Gasteiger partial charge in [0.15, 0.2) is 0 Å². The van der Waals surface area contributed by atoms with E-state index in [0.717, 1.165) is 17.7 Å². The van der Waals surface area contributed by atoms with Crippen LogP contribution in [-0.4, -0.2) is 61.7 Å². The number of hydrogen-bond donors (Lipinski definition) is 1. The molecule has 0 aromatic heterocycles. The Morgan fingerprint density at radius 3 is 2.69 bits per heavy atom. The summed E-state index contributed by atoms with van der Waals surface area (Å²) in [6.07, 6.45) is 2.75. The van der Waals surface area contributed by atoms with Crippen LogP contribution in [0.1, 0.15) is 24.8 Å². The lowest BCUT2D eigenvalue weighted by Gasteiger charge is -2.35. The van der Waals surface area contributed by atoms with Crippen molar-refractivity contribution in [3.63, 3.8) is 0 Å². The molecule has 4 rings (SSSR count). The van der Waals surface area contributed by atoms with Gasteiger partial charge >= 0.3 is 6.03 Å². The molecule has 3 heterocycles. The average Bonchev–Trinajstić information content (AvgIpc) is 3.23. The van der Waals surface area contributed by atoms with Gasteiger partial charge < -0.3 is 15.0 Å². The minimum Gasteiger partial charge on any atom is -0.493 e. The van der Waals surface area contributed by atoms with E-state index in [-0.39, 0.29) is 17.8 Å². The van der Waals surface area contributed by atoms with Crippen molar-refractivity contribution in [3.05, 3.63) is 22.7 Å². The van der Waals surface area contributed by atoms with Crippen molar-refractivity contribution in [2.24, 2.45) is 0 Å². The fourth-order valence-corrected chi connectivity index (χ4v) is 6.02. The number of nitrogens with zero attached hydrogens (tertiary/aromatic N) is 2. The minimum atomic E-state index is -3.10. The number of sulfonamides is 1. The topological polar surface area (TPSA) is 79.0 Å². The Morgan fingerprint density at radius 1 is 1.23 bits per heavy atom. The molecule has 1 aromatic rings. The Labute approximate surface area is 158 Å². The molecule has 1 aromatic carbocycles. The summed E-state index contributed by atoms with van der Waals surface area (Å²) in [7, 11) is -3.10. The fraction of sp³-hybridized carbons (Fsp3) is 0.588. The van der Waals surface area contributed by atoms with Gasteiger partial charge in [-0.05, 0) is 31.4 Å². The van der Waals surface area contributed by atoms with Gasteiger partial charge in [0.2, 0.25) is 10.0 Å². The number of amides is 2. The van der Waals surface area contributed by atoms with E-state index in [2.05, 4.69) is 5.32 Å². The monoisotopic (exact) mass is 399 g/mol. The molecule has 2 fully saturated rings. The van der Waals surface area contributed by atoms with Gasteiger partial charge in [0.05, 0.1) is 23.1 Å². The number of fused-ring (bicyclic) bond motifs is 1. The molecule has 1 N–H and O–H groups in total. The summed E-state index contributed by atoms with van der Waals surface area (Å²) in [5.41, 5.74) is 1.56. The second kappa shape index (κ2) is 6.90. The average molecular weight is 400 g/mol. The number of piperidine rings is 1. The third kappa shape index (κ3) is 3.25. The summed E-state index contributed by atoms with van der Waals surface area (Å²) in [5.74, 6) is 1.01. The summed E-state index contributed by atoms with van der Waals surface area (Å²) in [6.45, 7) is 2.26. The number of halogens is 1. The first-order valence-electron chi connectivity index (χ1n) is 8.95. The smallest absolute Gasteiger partial charge is 0.321 e. The van der Waals surface area contributed by atoms with Gasteiger partial charge in [-0.15, -0.1) is 0 Å². The van der Waals surface area contributed by atoms with Crippen LogP contribution in [0.25, 0.3) is 0 Å². The maximum Gasteiger partial charge on any atom is 0.321 e. The molecular weight excluding hydrogens is 378 g/mol. The van der Waals surface area contributed by atoms with Crippen molar-refractivity contribution >= 4 is 33.3 Å². The van der Waals surface area contributed by atoms with Crippen molar-refractivity contribution < 1.29 is 17.9 Å². The van der Waals surface area contributed by atoms with Crippen LogP contribution in [0.5, 0.6) is 5.75 Å². The van der Waals surface area contributed by atoms with E-state index in [1.54, 1.807) is 15.3 Å². The Bertz CT molecular complexity index is 822. The lowest BCUT2D eigenvalue weighted by atomic mass is 10.1. The normalized spacial score (nSPS) is 22.9. The summed E-state index contributed by atoms with van der Waals surface area (Å²) in [5, 5.41) is 3.42. The molecule has 0 spiro atoms. The Hall–Kier alpha value is -1.51. The van der Waals surface area contributed by atoms with Crippen LogP contribution in [0.15, 0.2) is 12.1 Å². The number of anilines is 1. The molecule has 0 saturated carbocycles. The predicted octanol–water partition coefficient (Wildman–Crippen LogP) is 2.31. The number of carbonyl (C=O) groups is 1.